The molecular weight excluding hydrogens is 400 g/mol. The summed E-state index contributed by atoms with van der Waals surface area (Å²) >= 11 is 3.46. The SMILES string of the molecule is Cn1c2ccc(Br)cc2c2nnc(N/N=C\c3ccc(O)c(O)c3)nc21. The molecule has 0 bridgehead atoms. The lowest BCUT2D eigenvalue weighted by Gasteiger charge is -2.00. The summed E-state index contributed by atoms with van der Waals surface area (Å²) in [5.74, 6) is -0.146. The first-order chi connectivity index (χ1) is 12.5. The van der Waals surface area contributed by atoms with E-state index in [9.17, 15) is 10.2 Å². The number of hydrogen-bond donors (Lipinski definition) is 3. The maximum atomic E-state index is 9.48. The number of anilines is 1. The fourth-order valence-electron chi connectivity index (χ4n) is 2.66. The van der Waals surface area contributed by atoms with Gasteiger partial charge in [-0.1, -0.05) is 15.9 Å². The monoisotopic (exact) mass is 412 g/mol. The Balaban J connectivity index is 1.65. The van der Waals surface area contributed by atoms with Gasteiger partial charge in [0.05, 0.1) is 11.7 Å². The Morgan fingerprint density at radius 1 is 1.12 bits per heavy atom. The zero-order chi connectivity index (χ0) is 18.3. The van der Waals surface area contributed by atoms with Crippen LogP contribution in [-0.2, 0) is 7.05 Å². The lowest BCUT2D eigenvalue weighted by Crippen LogP contribution is -2.00. The van der Waals surface area contributed by atoms with Crippen LogP contribution in [0.5, 0.6) is 11.5 Å². The Bertz CT molecular complexity index is 1170. The van der Waals surface area contributed by atoms with Crippen molar-refractivity contribution in [2.45, 2.75) is 0 Å². The minimum absolute atomic E-state index is 0.185. The molecule has 8 nitrogen and oxygen atoms in total. The predicted molar refractivity (Wildman–Crippen MR) is 102 cm³/mol. The molecular formula is C17H13BrN6O2. The topological polar surface area (TPSA) is 108 Å². The molecule has 0 aliphatic rings. The molecule has 9 heteroatoms. The summed E-state index contributed by atoms with van der Waals surface area (Å²) in [7, 11) is 1.92. The normalized spacial score (nSPS) is 11.6. The molecule has 2 heterocycles. The number of rotatable bonds is 3. The van der Waals surface area contributed by atoms with E-state index in [1.165, 1.54) is 18.3 Å². The number of aromatic hydroxyl groups is 2. The van der Waals surface area contributed by atoms with Crippen molar-refractivity contribution < 1.29 is 10.2 Å². The third-order valence-corrected chi connectivity index (χ3v) is 4.43. The number of hydrazone groups is 1. The zero-order valence-corrected chi connectivity index (χ0v) is 15.1. The predicted octanol–water partition coefficient (Wildman–Crippen LogP) is 3.14. The molecule has 0 radical (unpaired) electrons. The number of fused-ring (bicyclic) bond motifs is 3. The Hall–Kier alpha value is -3.20. The van der Waals surface area contributed by atoms with E-state index >= 15 is 0 Å². The maximum absolute atomic E-state index is 9.48. The number of phenols is 2. The number of benzene rings is 2. The smallest absolute Gasteiger partial charge is 0.265 e. The van der Waals surface area contributed by atoms with Crippen molar-refractivity contribution in [3.05, 3.63) is 46.4 Å². The molecule has 4 aromatic rings. The third-order valence-electron chi connectivity index (χ3n) is 3.94. The lowest BCUT2D eigenvalue weighted by molar-refractivity contribution is 0.403. The molecule has 3 N–H and O–H groups in total. The summed E-state index contributed by atoms with van der Waals surface area (Å²) < 4.78 is 2.90. The van der Waals surface area contributed by atoms with Crippen LogP contribution >= 0.6 is 15.9 Å². The average Bonchev–Trinajstić information content (AvgIpc) is 2.90. The number of phenolic OH excluding ortho intramolecular Hbond substituents is 2. The van der Waals surface area contributed by atoms with Crippen molar-refractivity contribution in [1.29, 1.82) is 0 Å². The highest BCUT2D eigenvalue weighted by Crippen LogP contribution is 2.28. The van der Waals surface area contributed by atoms with E-state index in [4.69, 9.17) is 0 Å². The van der Waals surface area contributed by atoms with Crippen molar-refractivity contribution in [2.24, 2.45) is 12.1 Å². The van der Waals surface area contributed by atoms with Crippen LogP contribution in [0.1, 0.15) is 5.56 Å². The molecule has 0 amide bonds. The molecule has 0 saturated heterocycles. The Labute approximate surface area is 155 Å². The maximum Gasteiger partial charge on any atom is 0.265 e. The van der Waals surface area contributed by atoms with Crippen LogP contribution in [0.2, 0.25) is 0 Å². The molecule has 2 aromatic heterocycles. The van der Waals surface area contributed by atoms with Gasteiger partial charge in [0, 0.05) is 16.9 Å². The summed E-state index contributed by atoms with van der Waals surface area (Å²) in [5.41, 5.74) is 5.73. The molecule has 0 saturated carbocycles. The summed E-state index contributed by atoms with van der Waals surface area (Å²) in [6, 6.07) is 10.3. The van der Waals surface area contributed by atoms with Crippen molar-refractivity contribution >= 4 is 50.2 Å². The first-order valence-electron chi connectivity index (χ1n) is 7.62. The first kappa shape index (κ1) is 16.3. The highest BCUT2D eigenvalue weighted by atomic mass is 79.9. The van der Waals surface area contributed by atoms with Crippen LogP contribution in [0.4, 0.5) is 5.95 Å². The van der Waals surface area contributed by atoms with E-state index in [-0.39, 0.29) is 17.4 Å². The molecule has 2 aromatic carbocycles. The lowest BCUT2D eigenvalue weighted by atomic mass is 10.2. The van der Waals surface area contributed by atoms with E-state index in [1.807, 2.05) is 29.8 Å². The number of nitrogens with one attached hydrogen (secondary N) is 1. The number of aryl methyl sites for hydroxylation is 1. The van der Waals surface area contributed by atoms with Gasteiger partial charge in [-0.15, -0.1) is 10.2 Å². The van der Waals surface area contributed by atoms with Crippen LogP contribution < -0.4 is 5.43 Å². The van der Waals surface area contributed by atoms with Gasteiger partial charge in [0.2, 0.25) is 0 Å². The summed E-state index contributed by atoms with van der Waals surface area (Å²) in [5, 5.41) is 32.1. The molecule has 4 rings (SSSR count). The van der Waals surface area contributed by atoms with Crippen molar-refractivity contribution in [3.8, 4) is 11.5 Å². The summed E-state index contributed by atoms with van der Waals surface area (Å²) in [6.07, 6.45) is 1.48. The highest BCUT2D eigenvalue weighted by molar-refractivity contribution is 9.10. The van der Waals surface area contributed by atoms with E-state index in [0.717, 1.165) is 15.4 Å². The van der Waals surface area contributed by atoms with Gasteiger partial charge in [0.25, 0.3) is 5.95 Å². The second-order valence-corrected chi connectivity index (χ2v) is 6.56. The Morgan fingerprint density at radius 3 is 2.77 bits per heavy atom. The summed E-state index contributed by atoms with van der Waals surface area (Å²) in [6.45, 7) is 0. The Kier molecular flexibility index (Phi) is 3.92. The van der Waals surface area contributed by atoms with Crippen LogP contribution in [0.25, 0.3) is 22.1 Å². The van der Waals surface area contributed by atoms with E-state index in [0.29, 0.717) is 16.7 Å². The average molecular weight is 413 g/mol. The van der Waals surface area contributed by atoms with Crippen molar-refractivity contribution in [1.82, 2.24) is 19.7 Å². The zero-order valence-electron chi connectivity index (χ0n) is 13.5. The van der Waals surface area contributed by atoms with Gasteiger partial charge in [0.1, 0.15) is 5.52 Å². The van der Waals surface area contributed by atoms with Gasteiger partial charge in [-0.25, -0.2) is 5.43 Å². The van der Waals surface area contributed by atoms with Gasteiger partial charge in [-0.05, 0) is 42.0 Å². The van der Waals surface area contributed by atoms with Crippen molar-refractivity contribution in [3.63, 3.8) is 0 Å². The molecule has 0 unspecified atom stereocenters. The molecule has 0 spiro atoms. The van der Waals surface area contributed by atoms with E-state index in [2.05, 4.69) is 41.6 Å². The van der Waals surface area contributed by atoms with Gasteiger partial charge in [-0.2, -0.15) is 10.1 Å². The van der Waals surface area contributed by atoms with Gasteiger partial charge in [0.15, 0.2) is 17.1 Å². The van der Waals surface area contributed by atoms with Gasteiger partial charge >= 0.3 is 0 Å². The molecule has 0 aliphatic carbocycles. The van der Waals surface area contributed by atoms with Crippen LogP contribution in [0.15, 0.2) is 46.0 Å². The Morgan fingerprint density at radius 2 is 1.96 bits per heavy atom. The number of hydrogen-bond acceptors (Lipinski definition) is 7. The molecule has 26 heavy (non-hydrogen) atoms. The van der Waals surface area contributed by atoms with Gasteiger partial charge < -0.3 is 14.8 Å². The van der Waals surface area contributed by atoms with Crippen LogP contribution in [0, 0.1) is 0 Å². The fraction of sp³-hybridized carbons (Fsp3) is 0.0588. The van der Waals surface area contributed by atoms with Crippen LogP contribution in [-0.4, -0.2) is 36.2 Å². The quantitative estimate of drug-likeness (QED) is 0.271. The third kappa shape index (κ3) is 2.82. The van der Waals surface area contributed by atoms with Crippen molar-refractivity contribution in [2.75, 3.05) is 5.43 Å². The minimum Gasteiger partial charge on any atom is -0.504 e. The standard InChI is InChI=1S/C17H13BrN6O2/c1-24-12-4-3-10(18)7-11(12)15-16(24)20-17(23-21-15)22-19-8-9-2-5-13(25)14(26)6-9/h2-8,25-26H,1H3,(H,20,22,23)/b19-8-. The molecule has 0 aliphatic heterocycles. The fourth-order valence-corrected chi connectivity index (χ4v) is 3.02. The van der Waals surface area contributed by atoms with E-state index in [1.54, 1.807) is 6.07 Å². The largest absolute Gasteiger partial charge is 0.504 e. The van der Waals surface area contributed by atoms with Gasteiger partial charge in [-0.3, -0.25) is 0 Å². The second kappa shape index (κ2) is 6.26. The van der Waals surface area contributed by atoms with E-state index < -0.39 is 0 Å². The summed E-state index contributed by atoms with van der Waals surface area (Å²) in [4.78, 5) is 4.46. The first-order valence-corrected chi connectivity index (χ1v) is 8.41. The number of nitrogens with zero attached hydrogens (tertiary/aromatic N) is 5. The minimum atomic E-state index is -0.213. The second-order valence-electron chi connectivity index (χ2n) is 5.65. The number of aromatic nitrogens is 4. The van der Waals surface area contributed by atoms with Crippen LogP contribution in [0.3, 0.4) is 0 Å². The highest BCUT2D eigenvalue weighted by Gasteiger charge is 2.12. The molecule has 130 valence electrons. The number of halogens is 1. The molecule has 0 fully saturated rings. The molecule has 0 atom stereocenters.